The molecule has 2 aromatic carbocycles. The Kier molecular flexibility index (Phi) is 9.07. The largest absolute Gasteiger partial charge is 0.467 e. The van der Waals surface area contributed by atoms with Crippen LogP contribution in [0.3, 0.4) is 0 Å². The molecule has 2 heterocycles. The third-order valence-electron chi connectivity index (χ3n) is 7.27. The maximum absolute atomic E-state index is 14.3. The lowest BCUT2D eigenvalue weighted by Gasteiger charge is -2.42. The third kappa shape index (κ3) is 6.50. The molecule has 0 radical (unpaired) electrons. The number of aromatic nitrogens is 2. The van der Waals surface area contributed by atoms with Crippen LogP contribution in [0, 0.1) is 5.41 Å². The van der Waals surface area contributed by atoms with Gasteiger partial charge in [0.2, 0.25) is 0 Å². The van der Waals surface area contributed by atoms with Crippen LogP contribution in [0.4, 0.5) is 4.79 Å². The van der Waals surface area contributed by atoms with Crippen LogP contribution in [-0.2, 0) is 16.1 Å². The molecule has 8 heteroatoms. The van der Waals surface area contributed by atoms with E-state index in [0.717, 1.165) is 29.1 Å². The monoisotopic (exact) mass is 531 g/mol. The summed E-state index contributed by atoms with van der Waals surface area (Å²) in [5.74, 6) is 0.438. The minimum Gasteiger partial charge on any atom is -0.467 e. The molecule has 1 saturated heterocycles. The molecule has 0 saturated carbocycles. The van der Waals surface area contributed by atoms with Gasteiger partial charge in [0.1, 0.15) is 11.9 Å². The minimum absolute atomic E-state index is 0.174. The number of carbonyl (C=O) groups is 2. The van der Waals surface area contributed by atoms with Crippen LogP contribution in [0.2, 0.25) is 0 Å². The first kappa shape index (κ1) is 28.4. The predicted molar refractivity (Wildman–Crippen MR) is 153 cm³/mol. The van der Waals surface area contributed by atoms with Crippen LogP contribution < -0.4 is 5.73 Å². The number of nitrogens with two attached hydrogens (primary N) is 1. The van der Waals surface area contributed by atoms with Gasteiger partial charge in [-0.25, -0.2) is 14.6 Å². The number of hydrogen-bond acceptors (Lipinski definition) is 5. The summed E-state index contributed by atoms with van der Waals surface area (Å²) in [6, 6.07) is 19.2. The van der Waals surface area contributed by atoms with Gasteiger partial charge in [0.15, 0.2) is 0 Å². The molecule has 2 atom stereocenters. The molecule has 2 N–H and O–H groups in total. The molecule has 4 rings (SSSR count). The van der Waals surface area contributed by atoms with E-state index in [1.165, 1.54) is 7.11 Å². The van der Waals surface area contributed by atoms with Gasteiger partial charge in [-0.05, 0) is 36.8 Å². The van der Waals surface area contributed by atoms with Gasteiger partial charge >= 0.3 is 12.0 Å². The Morgan fingerprint density at radius 2 is 1.77 bits per heavy atom. The summed E-state index contributed by atoms with van der Waals surface area (Å²) in [7, 11) is 1.37. The number of carbonyl (C=O) groups excluding carboxylic acids is 2. The molecule has 39 heavy (non-hydrogen) atoms. The molecule has 1 aromatic heterocycles. The Balaban J connectivity index is 1.82. The van der Waals surface area contributed by atoms with E-state index < -0.39 is 6.04 Å². The van der Waals surface area contributed by atoms with Crippen molar-refractivity contribution in [1.82, 2.24) is 19.4 Å². The number of urea groups is 1. The van der Waals surface area contributed by atoms with Crippen molar-refractivity contribution in [3.8, 4) is 11.3 Å². The van der Waals surface area contributed by atoms with Gasteiger partial charge in [0, 0.05) is 31.4 Å². The van der Waals surface area contributed by atoms with Crippen LogP contribution in [0.1, 0.15) is 57.5 Å². The molecule has 3 aromatic rings. The SMILES string of the molecule is COC(=O)[C@@H]1CCCN1C(=O)N(CCCN)[C@@H](c1nc(-c2ccccc2)cn1Cc1ccccc1)C(C)(C)C. The Bertz CT molecular complexity index is 1240. The van der Waals surface area contributed by atoms with E-state index in [9.17, 15) is 9.59 Å². The number of methoxy groups -OCH3 is 1. The van der Waals surface area contributed by atoms with Gasteiger partial charge in [-0.1, -0.05) is 81.4 Å². The Morgan fingerprint density at radius 3 is 2.38 bits per heavy atom. The third-order valence-corrected chi connectivity index (χ3v) is 7.27. The molecule has 208 valence electrons. The van der Waals surface area contributed by atoms with Gasteiger partial charge in [0.25, 0.3) is 0 Å². The molecule has 0 spiro atoms. The zero-order chi connectivity index (χ0) is 28.0. The van der Waals surface area contributed by atoms with Gasteiger partial charge in [0.05, 0.1) is 18.8 Å². The zero-order valence-electron chi connectivity index (χ0n) is 23.5. The fraction of sp³-hybridized carbons (Fsp3) is 0.452. The average Bonchev–Trinajstić information content (AvgIpc) is 3.58. The average molecular weight is 532 g/mol. The first-order valence-corrected chi connectivity index (χ1v) is 13.8. The fourth-order valence-electron chi connectivity index (χ4n) is 5.44. The van der Waals surface area contributed by atoms with Crippen LogP contribution in [0.25, 0.3) is 11.3 Å². The summed E-state index contributed by atoms with van der Waals surface area (Å²) in [5.41, 5.74) is 8.60. The Morgan fingerprint density at radius 1 is 1.10 bits per heavy atom. The van der Waals surface area contributed by atoms with Gasteiger partial charge in [-0.3, -0.25) is 0 Å². The summed E-state index contributed by atoms with van der Waals surface area (Å²) in [5, 5.41) is 0. The van der Waals surface area contributed by atoms with E-state index in [2.05, 4.69) is 43.7 Å². The number of likely N-dealkylation sites (tertiary alicyclic amines) is 1. The van der Waals surface area contributed by atoms with Crippen molar-refractivity contribution in [3.63, 3.8) is 0 Å². The summed E-state index contributed by atoms with van der Waals surface area (Å²) >= 11 is 0. The number of esters is 1. The van der Waals surface area contributed by atoms with Crippen molar-refractivity contribution in [1.29, 1.82) is 0 Å². The van der Waals surface area contributed by atoms with Crippen molar-refractivity contribution in [2.24, 2.45) is 11.1 Å². The first-order chi connectivity index (χ1) is 18.7. The maximum atomic E-state index is 14.3. The normalized spacial score (nSPS) is 16.2. The maximum Gasteiger partial charge on any atom is 0.328 e. The molecule has 1 fully saturated rings. The predicted octanol–water partition coefficient (Wildman–Crippen LogP) is 5.09. The van der Waals surface area contributed by atoms with Crippen molar-refractivity contribution >= 4 is 12.0 Å². The lowest BCUT2D eigenvalue weighted by Crippen LogP contribution is -2.52. The van der Waals surface area contributed by atoms with E-state index in [1.807, 2.05) is 53.4 Å². The van der Waals surface area contributed by atoms with Crippen LogP contribution in [-0.4, -0.2) is 64.1 Å². The van der Waals surface area contributed by atoms with Gasteiger partial charge in [-0.2, -0.15) is 0 Å². The van der Waals surface area contributed by atoms with Crippen LogP contribution in [0.5, 0.6) is 0 Å². The number of ether oxygens (including phenoxy) is 1. The summed E-state index contributed by atoms with van der Waals surface area (Å²) in [6.07, 6.45) is 4.08. The first-order valence-electron chi connectivity index (χ1n) is 13.8. The molecule has 1 aliphatic rings. The van der Waals surface area contributed by atoms with Crippen molar-refractivity contribution in [2.45, 2.75) is 58.7 Å². The molecule has 0 bridgehead atoms. The quantitative estimate of drug-likeness (QED) is 0.388. The number of rotatable bonds is 9. The highest BCUT2D eigenvalue weighted by atomic mass is 16.5. The van der Waals surface area contributed by atoms with Gasteiger partial charge in [-0.15, -0.1) is 0 Å². The van der Waals surface area contributed by atoms with Crippen LogP contribution in [0.15, 0.2) is 66.9 Å². The lowest BCUT2D eigenvalue weighted by molar-refractivity contribution is -0.145. The topological polar surface area (TPSA) is 93.7 Å². The van der Waals surface area contributed by atoms with E-state index in [-0.39, 0.29) is 23.5 Å². The second kappa shape index (κ2) is 12.5. The minimum atomic E-state index is -0.576. The standard InChI is InChI=1S/C31H41N5O3/c1-31(2,3)27(36(20-12-18-32)30(38)35-19-11-17-26(35)29(37)39-4)28-33-25(24-15-9-6-10-16-24)22-34(28)21-23-13-7-5-8-14-23/h5-10,13-16,22,26-27H,11-12,17-21,32H2,1-4H3/t26-,27-/m0/s1. The highest BCUT2D eigenvalue weighted by Gasteiger charge is 2.43. The molecule has 8 nitrogen and oxygen atoms in total. The van der Waals surface area contributed by atoms with E-state index in [1.54, 1.807) is 4.90 Å². The molecule has 0 aliphatic carbocycles. The Hall–Kier alpha value is -3.65. The van der Waals surface area contributed by atoms with E-state index in [0.29, 0.717) is 39.0 Å². The number of imidazole rings is 1. The second-order valence-electron chi connectivity index (χ2n) is 11.2. The molecule has 1 aliphatic heterocycles. The summed E-state index contributed by atoms with van der Waals surface area (Å²) < 4.78 is 7.20. The lowest BCUT2D eigenvalue weighted by atomic mass is 9.84. The summed E-state index contributed by atoms with van der Waals surface area (Å²) in [4.78, 5) is 35.5. The summed E-state index contributed by atoms with van der Waals surface area (Å²) in [6.45, 7) is 8.44. The van der Waals surface area contributed by atoms with Crippen molar-refractivity contribution < 1.29 is 14.3 Å². The van der Waals surface area contributed by atoms with E-state index in [4.69, 9.17) is 15.5 Å². The Labute approximate surface area is 231 Å². The highest BCUT2D eigenvalue weighted by Crippen LogP contribution is 2.40. The molecule has 2 amide bonds. The van der Waals surface area contributed by atoms with Crippen LogP contribution >= 0.6 is 0 Å². The molecule has 0 unspecified atom stereocenters. The number of benzene rings is 2. The zero-order valence-corrected chi connectivity index (χ0v) is 23.5. The van der Waals surface area contributed by atoms with E-state index >= 15 is 0 Å². The molecular weight excluding hydrogens is 490 g/mol. The highest BCUT2D eigenvalue weighted by molar-refractivity contribution is 5.84. The van der Waals surface area contributed by atoms with Gasteiger partial charge < -0.3 is 24.8 Å². The fourth-order valence-corrected chi connectivity index (χ4v) is 5.44. The number of nitrogens with zero attached hydrogens (tertiary/aromatic N) is 4. The van der Waals surface area contributed by atoms with Crippen molar-refractivity contribution in [2.75, 3.05) is 26.7 Å². The van der Waals surface area contributed by atoms with Crippen molar-refractivity contribution in [3.05, 3.63) is 78.2 Å². The number of amides is 2. The molecular formula is C31H41N5O3. The second-order valence-corrected chi connectivity index (χ2v) is 11.2. The number of hydrogen-bond donors (Lipinski definition) is 1. The smallest absolute Gasteiger partial charge is 0.328 e.